The van der Waals surface area contributed by atoms with Crippen molar-refractivity contribution in [2.75, 3.05) is 20.8 Å². The first kappa shape index (κ1) is 16.3. The van der Waals surface area contributed by atoms with Gasteiger partial charge in [0.15, 0.2) is 11.5 Å². The molecule has 0 aliphatic carbocycles. The number of methoxy groups -OCH3 is 2. The van der Waals surface area contributed by atoms with Crippen LogP contribution in [0, 0.1) is 6.92 Å². The number of ether oxygens (including phenoxy) is 2. The number of fused-ring (bicyclic) bond motifs is 2. The highest BCUT2D eigenvalue weighted by Crippen LogP contribution is 2.33. The van der Waals surface area contributed by atoms with E-state index in [4.69, 9.17) is 9.47 Å². The second kappa shape index (κ2) is 6.29. The Morgan fingerprint density at radius 2 is 1.88 bits per heavy atom. The van der Waals surface area contributed by atoms with E-state index in [-0.39, 0.29) is 11.7 Å². The molecule has 1 amide bonds. The molecule has 0 radical (unpaired) electrons. The molecule has 0 bridgehead atoms. The monoisotopic (exact) mass is 353 g/mol. The number of aromatic nitrogens is 4. The Labute approximate surface area is 150 Å². The van der Waals surface area contributed by atoms with Crippen LogP contribution in [0.3, 0.4) is 0 Å². The lowest BCUT2D eigenvalue weighted by molar-refractivity contribution is 0.0722. The molecule has 8 nitrogen and oxygen atoms in total. The predicted molar refractivity (Wildman–Crippen MR) is 93.5 cm³/mol. The summed E-state index contributed by atoms with van der Waals surface area (Å²) in [4.78, 5) is 23.0. The highest BCUT2D eigenvalue weighted by Gasteiger charge is 2.26. The number of hydrogen-bond donors (Lipinski definition) is 0. The molecule has 0 N–H and O–H groups in total. The molecule has 0 unspecified atom stereocenters. The van der Waals surface area contributed by atoms with Crippen LogP contribution in [0.5, 0.6) is 11.5 Å². The Morgan fingerprint density at radius 1 is 1.15 bits per heavy atom. The number of carbonyl (C=O) groups excluding carboxylic acids is 1. The van der Waals surface area contributed by atoms with E-state index in [9.17, 15) is 4.79 Å². The third kappa shape index (κ3) is 2.63. The van der Waals surface area contributed by atoms with E-state index in [0.29, 0.717) is 30.4 Å². The van der Waals surface area contributed by atoms with Crippen LogP contribution < -0.4 is 9.47 Å². The summed E-state index contributed by atoms with van der Waals surface area (Å²) in [6, 6.07) is 5.73. The summed E-state index contributed by atoms with van der Waals surface area (Å²) in [5.74, 6) is 1.75. The maximum absolute atomic E-state index is 12.9. The van der Waals surface area contributed by atoms with Crippen molar-refractivity contribution < 1.29 is 14.3 Å². The Hall–Kier alpha value is -3.16. The van der Waals surface area contributed by atoms with Crippen molar-refractivity contribution in [2.45, 2.75) is 19.9 Å². The van der Waals surface area contributed by atoms with Gasteiger partial charge in [-0.3, -0.25) is 4.79 Å². The van der Waals surface area contributed by atoms with Crippen LogP contribution in [0.25, 0.3) is 5.78 Å². The van der Waals surface area contributed by atoms with Gasteiger partial charge in [0.05, 0.1) is 14.2 Å². The van der Waals surface area contributed by atoms with Gasteiger partial charge in [0.25, 0.3) is 11.7 Å². The molecule has 8 heteroatoms. The molecular formula is C18H19N5O3. The fourth-order valence-corrected chi connectivity index (χ4v) is 3.19. The molecule has 0 fully saturated rings. The highest BCUT2D eigenvalue weighted by atomic mass is 16.5. The number of aryl methyl sites for hydroxylation is 1. The second-order valence-electron chi connectivity index (χ2n) is 6.19. The van der Waals surface area contributed by atoms with Gasteiger partial charge in [-0.1, -0.05) is 0 Å². The number of hydrogen-bond acceptors (Lipinski definition) is 6. The van der Waals surface area contributed by atoms with Gasteiger partial charge in [-0.25, -0.2) is 9.50 Å². The zero-order valence-corrected chi connectivity index (χ0v) is 14.9. The van der Waals surface area contributed by atoms with Gasteiger partial charge in [0, 0.05) is 25.0 Å². The van der Waals surface area contributed by atoms with Crippen molar-refractivity contribution in [2.24, 2.45) is 0 Å². The van der Waals surface area contributed by atoms with Crippen LogP contribution in [-0.4, -0.2) is 51.2 Å². The maximum atomic E-state index is 12.9. The molecule has 3 heterocycles. The van der Waals surface area contributed by atoms with Crippen LogP contribution in [0.1, 0.15) is 27.4 Å². The van der Waals surface area contributed by atoms with E-state index in [1.807, 2.05) is 25.1 Å². The van der Waals surface area contributed by atoms with Gasteiger partial charge in [-0.2, -0.15) is 4.98 Å². The molecule has 1 aliphatic heterocycles. The van der Waals surface area contributed by atoms with Gasteiger partial charge >= 0.3 is 0 Å². The van der Waals surface area contributed by atoms with Crippen LogP contribution in [0.2, 0.25) is 0 Å². The molecule has 0 atom stereocenters. The molecule has 0 saturated heterocycles. The fraction of sp³-hybridized carbons (Fsp3) is 0.333. The highest BCUT2D eigenvalue weighted by molar-refractivity contribution is 5.91. The predicted octanol–water partition coefficient (Wildman–Crippen LogP) is 1.65. The molecule has 3 aromatic rings. The molecule has 0 spiro atoms. The lowest BCUT2D eigenvalue weighted by atomic mass is 9.98. The quantitative estimate of drug-likeness (QED) is 0.712. The van der Waals surface area contributed by atoms with Gasteiger partial charge in [0.1, 0.15) is 0 Å². The minimum absolute atomic E-state index is 0.163. The third-order valence-electron chi connectivity index (χ3n) is 4.63. The molecule has 1 aliphatic rings. The molecule has 1 aromatic carbocycles. The van der Waals surface area contributed by atoms with Gasteiger partial charge in [-0.05, 0) is 42.7 Å². The summed E-state index contributed by atoms with van der Waals surface area (Å²) in [7, 11) is 3.22. The average Bonchev–Trinajstić information content (AvgIpc) is 3.11. The molecular weight excluding hydrogens is 334 g/mol. The topological polar surface area (TPSA) is 81.9 Å². The van der Waals surface area contributed by atoms with E-state index >= 15 is 0 Å². The summed E-state index contributed by atoms with van der Waals surface area (Å²) in [5, 5.41) is 4.31. The van der Waals surface area contributed by atoms with Crippen molar-refractivity contribution in [3.8, 4) is 11.5 Å². The van der Waals surface area contributed by atoms with Gasteiger partial charge in [0.2, 0.25) is 5.82 Å². The first-order valence-corrected chi connectivity index (χ1v) is 8.32. The molecule has 26 heavy (non-hydrogen) atoms. The Morgan fingerprint density at radius 3 is 2.58 bits per heavy atom. The van der Waals surface area contributed by atoms with Crippen LogP contribution in [0.4, 0.5) is 0 Å². The third-order valence-corrected chi connectivity index (χ3v) is 4.63. The summed E-state index contributed by atoms with van der Waals surface area (Å²) < 4.78 is 12.3. The van der Waals surface area contributed by atoms with E-state index in [1.54, 1.807) is 29.8 Å². The summed E-state index contributed by atoms with van der Waals surface area (Å²) in [5.41, 5.74) is 3.08. The molecule has 2 aromatic heterocycles. The van der Waals surface area contributed by atoms with Crippen molar-refractivity contribution >= 4 is 11.7 Å². The van der Waals surface area contributed by atoms with Crippen molar-refractivity contribution in [3.63, 3.8) is 0 Å². The summed E-state index contributed by atoms with van der Waals surface area (Å²) in [6.07, 6.45) is 2.40. The summed E-state index contributed by atoms with van der Waals surface area (Å²) in [6.45, 7) is 2.98. The Kier molecular flexibility index (Phi) is 3.95. The largest absolute Gasteiger partial charge is 0.493 e. The number of benzene rings is 1. The zero-order chi connectivity index (χ0) is 18.3. The van der Waals surface area contributed by atoms with Crippen LogP contribution in [0.15, 0.2) is 24.4 Å². The van der Waals surface area contributed by atoms with E-state index in [2.05, 4.69) is 15.1 Å². The lowest BCUT2D eigenvalue weighted by Crippen LogP contribution is -2.36. The molecule has 134 valence electrons. The first-order valence-electron chi connectivity index (χ1n) is 8.32. The SMILES string of the molecule is COc1cc2c(cc1OC)CN(C(=O)c1nc3nccc(C)n3n1)CC2. The lowest BCUT2D eigenvalue weighted by Gasteiger charge is -2.28. The van der Waals surface area contributed by atoms with Crippen LogP contribution >= 0.6 is 0 Å². The van der Waals surface area contributed by atoms with Crippen molar-refractivity contribution in [3.05, 3.63) is 47.0 Å². The minimum atomic E-state index is -0.199. The second-order valence-corrected chi connectivity index (χ2v) is 6.19. The average molecular weight is 353 g/mol. The van der Waals surface area contributed by atoms with Gasteiger partial charge in [-0.15, -0.1) is 5.10 Å². The summed E-state index contributed by atoms with van der Waals surface area (Å²) >= 11 is 0. The zero-order valence-electron chi connectivity index (χ0n) is 14.9. The minimum Gasteiger partial charge on any atom is -0.493 e. The number of carbonyl (C=O) groups is 1. The van der Waals surface area contributed by atoms with Gasteiger partial charge < -0.3 is 14.4 Å². The molecule has 0 saturated carbocycles. The van der Waals surface area contributed by atoms with Crippen LogP contribution in [-0.2, 0) is 13.0 Å². The first-order chi connectivity index (χ1) is 12.6. The maximum Gasteiger partial charge on any atom is 0.293 e. The van der Waals surface area contributed by atoms with E-state index in [1.165, 1.54) is 0 Å². The number of nitrogens with zero attached hydrogens (tertiary/aromatic N) is 5. The van der Waals surface area contributed by atoms with Crippen molar-refractivity contribution in [1.29, 1.82) is 0 Å². The standard InChI is InChI=1S/C18H19N5O3/c1-11-4-6-19-18-20-16(21-23(11)18)17(24)22-7-5-12-8-14(25-2)15(26-3)9-13(12)10-22/h4,6,8-9H,5,7,10H2,1-3H3. The number of rotatable bonds is 3. The van der Waals surface area contributed by atoms with Crippen molar-refractivity contribution in [1.82, 2.24) is 24.5 Å². The van der Waals surface area contributed by atoms with E-state index in [0.717, 1.165) is 23.2 Å². The smallest absolute Gasteiger partial charge is 0.293 e. The fourth-order valence-electron chi connectivity index (χ4n) is 3.19. The number of amides is 1. The Balaban J connectivity index is 1.63. The Bertz CT molecular complexity index is 998. The normalized spacial score (nSPS) is 13.6. The molecule has 4 rings (SSSR count). The van der Waals surface area contributed by atoms with E-state index < -0.39 is 0 Å².